The van der Waals surface area contributed by atoms with Gasteiger partial charge in [0.15, 0.2) is 0 Å². The smallest absolute Gasteiger partial charge is 0.339 e. The number of ether oxygens (including phenoxy) is 1. The van der Waals surface area contributed by atoms with Gasteiger partial charge in [-0.15, -0.1) is 5.10 Å². The quantitative estimate of drug-likeness (QED) is 0.878. The Morgan fingerprint density at radius 2 is 2.26 bits per heavy atom. The fourth-order valence-corrected chi connectivity index (χ4v) is 2.77. The Morgan fingerprint density at radius 3 is 3.00 bits per heavy atom. The molecule has 1 aliphatic carbocycles. The number of anilines is 1. The molecule has 2 aromatic heterocycles. The fourth-order valence-electron chi connectivity index (χ4n) is 2.77. The number of hydrogen-bond donors (Lipinski definition) is 1. The van der Waals surface area contributed by atoms with E-state index in [2.05, 4.69) is 34.6 Å². The van der Waals surface area contributed by atoms with Crippen LogP contribution in [0.4, 0.5) is 5.95 Å². The third-order valence-corrected chi connectivity index (χ3v) is 3.99. The van der Waals surface area contributed by atoms with Crippen molar-refractivity contribution in [1.82, 2.24) is 14.6 Å². The van der Waals surface area contributed by atoms with E-state index in [1.807, 2.05) is 11.3 Å². The second-order valence-corrected chi connectivity index (χ2v) is 5.52. The van der Waals surface area contributed by atoms with Crippen molar-refractivity contribution >= 4 is 17.4 Å². The molecule has 1 aliphatic rings. The highest BCUT2D eigenvalue weighted by molar-refractivity contribution is 5.93. The minimum atomic E-state index is -0.323. The lowest BCUT2D eigenvalue weighted by molar-refractivity contribution is 0.0525. The second kappa shape index (κ2) is 6.24. The molecule has 3 rings (SSSR count). The summed E-state index contributed by atoms with van der Waals surface area (Å²) in [6.45, 7) is 6.10. The molecule has 120 valence electrons. The van der Waals surface area contributed by atoms with Crippen LogP contribution < -0.4 is 5.32 Å². The lowest BCUT2D eigenvalue weighted by Gasteiger charge is -2.16. The van der Waals surface area contributed by atoms with Crippen LogP contribution in [-0.2, 0) is 4.74 Å². The molecule has 6 nitrogen and oxygen atoms in total. The van der Waals surface area contributed by atoms with Crippen molar-refractivity contribution in [1.29, 1.82) is 0 Å². The summed E-state index contributed by atoms with van der Waals surface area (Å²) < 4.78 is 7.01. The lowest BCUT2D eigenvalue weighted by Crippen LogP contribution is -2.11. The molecule has 0 bridgehead atoms. The summed E-state index contributed by atoms with van der Waals surface area (Å²) in [7, 11) is 0. The molecule has 0 aromatic carbocycles. The van der Waals surface area contributed by atoms with Crippen LogP contribution in [0, 0.1) is 6.92 Å². The van der Waals surface area contributed by atoms with Gasteiger partial charge in [-0.3, -0.25) is 4.40 Å². The number of carbonyl (C=O) groups is 1. The van der Waals surface area contributed by atoms with Gasteiger partial charge in [0.25, 0.3) is 0 Å². The molecule has 0 amide bonds. The third-order valence-electron chi connectivity index (χ3n) is 3.99. The van der Waals surface area contributed by atoms with Gasteiger partial charge in [-0.1, -0.05) is 12.2 Å². The fraction of sp³-hybridized carbons (Fsp3) is 0.353. The van der Waals surface area contributed by atoms with E-state index in [-0.39, 0.29) is 5.97 Å². The molecular formula is C17H20N4O2. The third kappa shape index (κ3) is 2.84. The van der Waals surface area contributed by atoms with Crippen molar-refractivity contribution in [3.8, 4) is 0 Å². The van der Waals surface area contributed by atoms with Crippen LogP contribution in [0.1, 0.15) is 42.7 Å². The van der Waals surface area contributed by atoms with E-state index < -0.39 is 0 Å². The van der Waals surface area contributed by atoms with Gasteiger partial charge in [-0.05, 0) is 45.3 Å². The van der Waals surface area contributed by atoms with E-state index in [1.165, 1.54) is 5.57 Å². The van der Waals surface area contributed by atoms with Crippen LogP contribution in [0.5, 0.6) is 0 Å². The summed E-state index contributed by atoms with van der Waals surface area (Å²) in [5, 5.41) is 11.6. The summed E-state index contributed by atoms with van der Waals surface area (Å²) in [6.07, 6.45) is 7.84. The van der Waals surface area contributed by atoms with Crippen molar-refractivity contribution in [2.45, 2.75) is 33.6 Å². The molecule has 0 saturated carbocycles. The molecule has 2 heterocycles. The van der Waals surface area contributed by atoms with Crippen LogP contribution in [0.3, 0.4) is 0 Å². The first-order valence-corrected chi connectivity index (χ1v) is 7.76. The summed E-state index contributed by atoms with van der Waals surface area (Å²) in [5.74, 6) is 0.288. The molecule has 1 N–H and O–H groups in total. The predicted octanol–water partition coefficient (Wildman–Crippen LogP) is 3.25. The number of allylic oxidation sites excluding steroid dienone is 4. The Morgan fingerprint density at radius 1 is 1.43 bits per heavy atom. The molecule has 0 fully saturated rings. The van der Waals surface area contributed by atoms with Gasteiger partial charge in [0.05, 0.1) is 23.9 Å². The van der Waals surface area contributed by atoms with Gasteiger partial charge in [0.2, 0.25) is 5.95 Å². The van der Waals surface area contributed by atoms with Crippen LogP contribution in [-0.4, -0.2) is 27.2 Å². The number of fused-ring (bicyclic) bond motifs is 1. The highest BCUT2D eigenvalue weighted by atomic mass is 16.5. The van der Waals surface area contributed by atoms with Crippen molar-refractivity contribution in [3.63, 3.8) is 0 Å². The summed E-state index contributed by atoms with van der Waals surface area (Å²) in [6, 6.07) is 1.79. The van der Waals surface area contributed by atoms with Crippen LogP contribution in [0.2, 0.25) is 0 Å². The Labute approximate surface area is 134 Å². The average molecular weight is 312 g/mol. The second-order valence-electron chi connectivity index (χ2n) is 5.52. The lowest BCUT2D eigenvalue weighted by atomic mass is 10.1. The van der Waals surface area contributed by atoms with E-state index in [1.54, 1.807) is 19.2 Å². The highest BCUT2D eigenvalue weighted by Crippen LogP contribution is 2.24. The predicted molar refractivity (Wildman–Crippen MR) is 88.4 cm³/mol. The molecule has 0 aliphatic heterocycles. The summed E-state index contributed by atoms with van der Waals surface area (Å²) in [4.78, 5) is 12.1. The van der Waals surface area contributed by atoms with Crippen LogP contribution in [0.15, 0.2) is 35.7 Å². The van der Waals surface area contributed by atoms with Crippen molar-refractivity contribution in [2.24, 2.45) is 0 Å². The number of rotatable bonds is 4. The zero-order valence-electron chi connectivity index (χ0n) is 13.6. The summed E-state index contributed by atoms with van der Waals surface area (Å²) in [5.41, 5.74) is 4.46. The Balaban J connectivity index is 2.05. The number of aromatic nitrogens is 3. The largest absolute Gasteiger partial charge is 0.462 e. The Kier molecular flexibility index (Phi) is 4.14. The minimum Gasteiger partial charge on any atom is -0.462 e. The maximum absolute atomic E-state index is 12.1. The molecule has 2 aromatic rings. The van der Waals surface area contributed by atoms with Crippen molar-refractivity contribution in [3.05, 3.63) is 46.9 Å². The van der Waals surface area contributed by atoms with E-state index >= 15 is 0 Å². The minimum absolute atomic E-state index is 0.323. The van der Waals surface area contributed by atoms with Crippen LogP contribution >= 0.6 is 0 Å². The SMILES string of the molecule is CCOC(=O)c1cc2cnnc(NC3=C(C)C=CCC3)n2c1C. The maximum atomic E-state index is 12.1. The molecular weight excluding hydrogens is 292 g/mol. The monoisotopic (exact) mass is 312 g/mol. The zero-order chi connectivity index (χ0) is 16.4. The van der Waals surface area contributed by atoms with Gasteiger partial charge >= 0.3 is 5.97 Å². The number of carbonyl (C=O) groups excluding carboxylic acids is 1. The normalized spacial score (nSPS) is 14.4. The maximum Gasteiger partial charge on any atom is 0.339 e. The standard InChI is InChI=1S/C17H20N4O2/c1-4-23-16(22)14-9-13-10-18-20-17(21(13)12(14)3)19-15-8-6-5-7-11(15)2/h5,7,9-10H,4,6,8H2,1-3H3,(H,19,20). The number of nitrogens with one attached hydrogen (secondary N) is 1. The van der Waals surface area contributed by atoms with Gasteiger partial charge in [0, 0.05) is 11.4 Å². The molecule has 0 unspecified atom stereocenters. The molecule has 0 radical (unpaired) electrons. The summed E-state index contributed by atoms with van der Waals surface area (Å²) >= 11 is 0. The first-order chi connectivity index (χ1) is 11.1. The average Bonchev–Trinajstić information content (AvgIpc) is 2.88. The first kappa shape index (κ1) is 15.3. The highest BCUT2D eigenvalue weighted by Gasteiger charge is 2.18. The Hall–Kier alpha value is -2.63. The van der Waals surface area contributed by atoms with E-state index in [0.29, 0.717) is 18.1 Å². The number of aryl methyl sites for hydroxylation is 1. The van der Waals surface area contributed by atoms with E-state index in [9.17, 15) is 4.79 Å². The van der Waals surface area contributed by atoms with Crippen molar-refractivity contribution < 1.29 is 9.53 Å². The molecule has 23 heavy (non-hydrogen) atoms. The van der Waals surface area contributed by atoms with Crippen molar-refractivity contribution in [2.75, 3.05) is 11.9 Å². The number of nitrogens with zero attached hydrogens (tertiary/aromatic N) is 3. The molecule has 0 saturated heterocycles. The number of hydrogen-bond acceptors (Lipinski definition) is 5. The molecule has 0 atom stereocenters. The zero-order valence-corrected chi connectivity index (χ0v) is 13.6. The van der Waals surface area contributed by atoms with Gasteiger partial charge in [-0.25, -0.2) is 4.79 Å². The number of esters is 1. The molecule has 0 spiro atoms. The van der Waals surface area contributed by atoms with Crippen LogP contribution in [0.25, 0.3) is 5.52 Å². The first-order valence-electron chi connectivity index (χ1n) is 7.76. The van der Waals surface area contributed by atoms with Gasteiger partial charge in [0.1, 0.15) is 0 Å². The molecule has 6 heteroatoms. The van der Waals surface area contributed by atoms with Gasteiger partial charge < -0.3 is 10.1 Å². The topological polar surface area (TPSA) is 68.5 Å². The van der Waals surface area contributed by atoms with E-state index in [0.717, 1.165) is 29.7 Å². The van der Waals surface area contributed by atoms with Gasteiger partial charge in [-0.2, -0.15) is 5.10 Å². The Bertz CT molecular complexity index is 817. The van der Waals surface area contributed by atoms with E-state index in [4.69, 9.17) is 4.74 Å².